The van der Waals surface area contributed by atoms with Crippen LogP contribution >= 0.6 is 0 Å². The van der Waals surface area contributed by atoms with Crippen molar-refractivity contribution in [3.8, 4) is 0 Å². The van der Waals surface area contributed by atoms with Gasteiger partial charge < -0.3 is 16.4 Å². The Kier molecular flexibility index (Phi) is 4.99. The largest absolute Gasteiger partial charge is 0.363 e. The number of hydrogen-bond donors (Lipinski definition) is 3. The minimum atomic E-state index is -2.86. The van der Waals surface area contributed by atoms with Gasteiger partial charge in [-0.3, -0.25) is 4.68 Å². The molecule has 9 heteroatoms. The Bertz CT molecular complexity index is 874. The minimum Gasteiger partial charge on any atom is -0.363 e. The average molecular weight is 361 g/mol. The smallest absolute Gasteiger partial charge is 0.262 e. The van der Waals surface area contributed by atoms with Gasteiger partial charge in [-0.15, -0.1) is 0 Å². The third-order valence-corrected chi connectivity index (χ3v) is 3.87. The van der Waals surface area contributed by atoms with Crippen molar-refractivity contribution < 1.29 is 8.78 Å². The Labute approximate surface area is 149 Å². The predicted octanol–water partition coefficient (Wildman–Crippen LogP) is 2.54. The normalized spacial score (nSPS) is 13.0. The summed E-state index contributed by atoms with van der Waals surface area (Å²) in [5.74, 6) is -2.25. The van der Waals surface area contributed by atoms with E-state index in [9.17, 15) is 8.78 Å². The molecule has 1 aromatic carbocycles. The number of nitrogens with one attached hydrogen (secondary N) is 2. The second-order valence-corrected chi connectivity index (χ2v) is 6.22. The highest BCUT2D eigenvalue weighted by Crippen LogP contribution is 2.23. The number of nitrogens with two attached hydrogens (primary N) is 1. The van der Waals surface area contributed by atoms with E-state index in [4.69, 9.17) is 5.73 Å². The van der Waals surface area contributed by atoms with Gasteiger partial charge in [0, 0.05) is 26.6 Å². The van der Waals surface area contributed by atoms with Crippen LogP contribution in [0.1, 0.15) is 18.5 Å². The van der Waals surface area contributed by atoms with E-state index in [0.717, 1.165) is 12.5 Å². The van der Waals surface area contributed by atoms with Crippen molar-refractivity contribution >= 4 is 22.8 Å². The highest BCUT2D eigenvalue weighted by molar-refractivity contribution is 5.87. The molecule has 0 aliphatic rings. The summed E-state index contributed by atoms with van der Waals surface area (Å²) in [7, 11) is 1.73. The maximum absolute atomic E-state index is 13.2. The van der Waals surface area contributed by atoms with E-state index in [0.29, 0.717) is 29.3 Å². The van der Waals surface area contributed by atoms with Gasteiger partial charge in [0.25, 0.3) is 5.92 Å². The summed E-state index contributed by atoms with van der Waals surface area (Å²) in [5, 5.41) is 10.4. The molecule has 26 heavy (non-hydrogen) atoms. The van der Waals surface area contributed by atoms with Crippen molar-refractivity contribution in [2.75, 3.05) is 23.7 Å². The number of hydrogen-bond acceptors (Lipinski definition) is 6. The van der Waals surface area contributed by atoms with E-state index in [1.165, 1.54) is 0 Å². The summed E-state index contributed by atoms with van der Waals surface area (Å²) in [6, 6.07) is 9.38. The van der Waals surface area contributed by atoms with Crippen molar-refractivity contribution in [3.63, 3.8) is 0 Å². The monoisotopic (exact) mass is 361 g/mol. The summed E-state index contributed by atoms with van der Waals surface area (Å²) in [6.45, 7) is 0.716. The van der Waals surface area contributed by atoms with Crippen LogP contribution in [0.4, 0.5) is 20.5 Å². The maximum atomic E-state index is 13.2. The molecule has 1 atom stereocenters. The molecule has 0 amide bonds. The van der Waals surface area contributed by atoms with E-state index in [1.54, 1.807) is 17.9 Å². The Morgan fingerprint density at radius 2 is 1.92 bits per heavy atom. The van der Waals surface area contributed by atoms with E-state index >= 15 is 0 Å². The van der Waals surface area contributed by atoms with Crippen molar-refractivity contribution in [2.45, 2.75) is 18.9 Å². The second kappa shape index (κ2) is 7.20. The molecule has 4 N–H and O–H groups in total. The van der Waals surface area contributed by atoms with Crippen LogP contribution in [0.5, 0.6) is 0 Å². The molecule has 0 spiro atoms. The molecule has 0 saturated carbocycles. The first-order valence-electron chi connectivity index (χ1n) is 8.19. The highest BCUT2D eigenvalue weighted by atomic mass is 19.3. The standard InChI is InChI=1S/C17H21F2N7/c1-17(18,19)10-22-14-12-8-23-26(2)15(12)25-16(24-14)21-9-13(20)11-6-4-3-5-7-11/h3-8,13H,9-10,20H2,1-2H3,(H2,21,22,24,25). The number of halogens is 2. The number of aryl methyl sites for hydroxylation is 1. The zero-order chi connectivity index (χ0) is 18.7. The third-order valence-electron chi connectivity index (χ3n) is 3.87. The number of rotatable bonds is 7. The number of fused-ring (bicyclic) bond motifs is 1. The van der Waals surface area contributed by atoms with Crippen molar-refractivity contribution in [3.05, 3.63) is 42.1 Å². The minimum absolute atomic E-state index is 0.251. The van der Waals surface area contributed by atoms with Gasteiger partial charge in [0.2, 0.25) is 5.95 Å². The molecular formula is C17H21F2N7. The van der Waals surface area contributed by atoms with Gasteiger partial charge in [-0.1, -0.05) is 30.3 Å². The van der Waals surface area contributed by atoms with Crippen molar-refractivity contribution in [2.24, 2.45) is 12.8 Å². The first kappa shape index (κ1) is 18.0. The summed E-state index contributed by atoms with van der Waals surface area (Å²) in [4.78, 5) is 8.71. The van der Waals surface area contributed by atoms with Crippen molar-refractivity contribution in [1.82, 2.24) is 19.7 Å². The summed E-state index contributed by atoms with van der Waals surface area (Å²) < 4.78 is 28.0. The molecule has 2 heterocycles. The van der Waals surface area contributed by atoms with Gasteiger partial charge >= 0.3 is 0 Å². The number of benzene rings is 1. The summed E-state index contributed by atoms with van der Waals surface area (Å²) in [6.07, 6.45) is 1.55. The van der Waals surface area contributed by atoms with Crippen molar-refractivity contribution in [1.29, 1.82) is 0 Å². The van der Waals surface area contributed by atoms with Crippen LogP contribution in [0.25, 0.3) is 11.0 Å². The van der Waals surface area contributed by atoms with Crippen LogP contribution in [0, 0.1) is 0 Å². The molecule has 0 aliphatic carbocycles. The first-order valence-corrected chi connectivity index (χ1v) is 8.19. The quantitative estimate of drug-likeness (QED) is 0.599. The van der Waals surface area contributed by atoms with E-state index in [1.807, 2.05) is 30.3 Å². The number of anilines is 2. The molecule has 0 saturated heterocycles. The molecule has 7 nitrogen and oxygen atoms in total. The number of alkyl halides is 2. The Morgan fingerprint density at radius 1 is 1.19 bits per heavy atom. The zero-order valence-electron chi connectivity index (χ0n) is 14.6. The van der Waals surface area contributed by atoms with Crippen LogP contribution in [0.15, 0.2) is 36.5 Å². The van der Waals surface area contributed by atoms with Crippen LogP contribution in [-0.4, -0.2) is 38.8 Å². The molecule has 3 rings (SSSR count). The zero-order valence-corrected chi connectivity index (χ0v) is 14.6. The van der Waals surface area contributed by atoms with E-state index in [-0.39, 0.29) is 6.04 Å². The highest BCUT2D eigenvalue weighted by Gasteiger charge is 2.22. The van der Waals surface area contributed by atoms with Crippen LogP contribution in [0.2, 0.25) is 0 Å². The lowest BCUT2D eigenvalue weighted by atomic mass is 10.1. The molecule has 0 aliphatic heterocycles. The average Bonchev–Trinajstić information content (AvgIpc) is 2.99. The Balaban J connectivity index is 1.80. The fourth-order valence-electron chi connectivity index (χ4n) is 2.49. The molecule has 0 bridgehead atoms. The fraction of sp³-hybridized carbons (Fsp3) is 0.353. The fourth-order valence-corrected chi connectivity index (χ4v) is 2.49. The molecule has 3 aromatic rings. The van der Waals surface area contributed by atoms with Gasteiger partial charge in [0.1, 0.15) is 5.82 Å². The second-order valence-electron chi connectivity index (χ2n) is 6.22. The lowest BCUT2D eigenvalue weighted by Crippen LogP contribution is -2.24. The van der Waals surface area contributed by atoms with Gasteiger partial charge in [-0.25, -0.2) is 8.78 Å². The van der Waals surface area contributed by atoms with E-state index in [2.05, 4.69) is 25.7 Å². The molecule has 138 valence electrons. The molecular weight excluding hydrogens is 340 g/mol. The Hall–Kier alpha value is -2.81. The van der Waals surface area contributed by atoms with Gasteiger partial charge in [0.15, 0.2) is 5.65 Å². The molecule has 0 fully saturated rings. The number of aromatic nitrogens is 4. The lowest BCUT2D eigenvalue weighted by Gasteiger charge is -2.15. The summed E-state index contributed by atoms with van der Waals surface area (Å²) >= 11 is 0. The SMILES string of the molecule is Cn1ncc2c(NCC(C)(F)F)nc(NCC(N)c3ccccc3)nc21. The predicted molar refractivity (Wildman–Crippen MR) is 97.3 cm³/mol. The van der Waals surface area contributed by atoms with Gasteiger partial charge in [-0.2, -0.15) is 15.1 Å². The molecule has 1 unspecified atom stereocenters. The summed E-state index contributed by atoms with van der Waals surface area (Å²) in [5.41, 5.74) is 7.69. The first-order chi connectivity index (χ1) is 12.3. The Morgan fingerprint density at radius 3 is 2.62 bits per heavy atom. The van der Waals surface area contributed by atoms with Gasteiger partial charge in [0.05, 0.1) is 18.1 Å². The number of nitrogens with zero attached hydrogens (tertiary/aromatic N) is 4. The molecule has 0 radical (unpaired) electrons. The van der Waals surface area contributed by atoms with E-state index < -0.39 is 12.5 Å². The van der Waals surface area contributed by atoms with Crippen LogP contribution in [0.3, 0.4) is 0 Å². The molecule has 2 aromatic heterocycles. The third kappa shape index (κ3) is 4.23. The topological polar surface area (TPSA) is 93.7 Å². The lowest BCUT2D eigenvalue weighted by molar-refractivity contribution is 0.0367. The maximum Gasteiger partial charge on any atom is 0.262 e. The van der Waals surface area contributed by atoms with Gasteiger partial charge in [-0.05, 0) is 5.56 Å². The van der Waals surface area contributed by atoms with Crippen LogP contribution in [-0.2, 0) is 7.05 Å². The van der Waals surface area contributed by atoms with Crippen LogP contribution < -0.4 is 16.4 Å².